The van der Waals surface area contributed by atoms with Gasteiger partial charge in [0.05, 0.1) is 5.39 Å². The highest BCUT2D eigenvalue weighted by atomic mass is 32.1. The lowest BCUT2D eigenvalue weighted by Crippen LogP contribution is -2.25. The molecule has 2 N–H and O–H groups in total. The molecule has 0 amide bonds. The Morgan fingerprint density at radius 1 is 1.37 bits per heavy atom. The Kier molecular flexibility index (Phi) is 4.24. The van der Waals surface area contributed by atoms with E-state index in [9.17, 15) is 0 Å². The van der Waals surface area contributed by atoms with Crippen LogP contribution in [0.3, 0.4) is 0 Å². The Hall–Kier alpha value is -1.36. The summed E-state index contributed by atoms with van der Waals surface area (Å²) in [6.45, 7) is 7.61. The minimum Gasteiger partial charge on any atom is -0.368 e. The lowest BCUT2D eigenvalue weighted by Gasteiger charge is -2.22. The maximum absolute atomic E-state index is 5.83. The Balaban J connectivity index is 2.43. The number of anilines is 2. The molecule has 0 fully saturated rings. The molecule has 4 nitrogen and oxygen atoms in total. The van der Waals surface area contributed by atoms with Crippen LogP contribution in [-0.4, -0.2) is 23.6 Å². The summed E-state index contributed by atoms with van der Waals surface area (Å²) in [5, 5.41) is 1.13. The summed E-state index contributed by atoms with van der Waals surface area (Å²) in [7, 11) is 2.08. The maximum atomic E-state index is 5.83. The van der Waals surface area contributed by atoms with E-state index in [1.807, 2.05) is 0 Å². The molecule has 19 heavy (non-hydrogen) atoms. The van der Waals surface area contributed by atoms with Crippen LogP contribution in [0, 0.1) is 5.92 Å². The molecule has 5 heteroatoms. The summed E-state index contributed by atoms with van der Waals surface area (Å²) in [4.78, 5) is 13.3. The number of nitrogen functional groups attached to an aromatic ring is 1. The average molecular weight is 278 g/mol. The largest absolute Gasteiger partial charge is 0.368 e. The van der Waals surface area contributed by atoms with Crippen molar-refractivity contribution in [1.29, 1.82) is 0 Å². The molecule has 0 aromatic carbocycles. The van der Waals surface area contributed by atoms with Crippen molar-refractivity contribution in [1.82, 2.24) is 9.97 Å². The van der Waals surface area contributed by atoms with Gasteiger partial charge in [-0.15, -0.1) is 11.3 Å². The van der Waals surface area contributed by atoms with E-state index in [1.165, 1.54) is 4.88 Å². The maximum Gasteiger partial charge on any atom is 0.223 e. The summed E-state index contributed by atoms with van der Waals surface area (Å²) < 4.78 is 0. The van der Waals surface area contributed by atoms with Crippen molar-refractivity contribution in [2.24, 2.45) is 5.92 Å². The summed E-state index contributed by atoms with van der Waals surface area (Å²) >= 11 is 1.71. The number of fused-ring (bicyclic) bond motifs is 1. The summed E-state index contributed by atoms with van der Waals surface area (Å²) in [5.41, 5.74) is 5.83. The van der Waals surface area contributed by atoms with Gasteiger partial charge in [-0.05, 0) is 18.4 Å². The van der Waals surface area contributed by atoms with Crippen LogP contribution in [0.4, 0.5) is 11.8 Å². The molecule has 0 aliphatic heterocycles. The molecule has 2 aromatic heterocycles. The van der Waals surface area contributed by atoms with Gasteiger partial charge >= 0.3 is 0 Å². The van der Waals surface area contributed by atoms with Crippen molar-refractivity contribution in [2.45, 2.75) is 33.6 Å². The Morgan fingerprint density at radius 3 is 2.74 bits per heavy atom. The second kappa shape index (κ2) is 5.74. The Morgan fingerprint density at radius 2 is 2.11 bits per heavy atom. The fraction of sp³-hybridized carbons (Fsp3) is 0.571. The first-order valence-electron chi connectivity index (χ1n) is 6.82. The summed E-state index contributed by atoms with van der Waals surface area (Å²) in [6, 6.07) is 2.20. The summed E-state index contributed by atoms with van der Waals surface area (Å²) in [5.74, 6) is 1.96. The molecule has 0 saturated heterocycles. The van der Waals surface area contributed by atoms with E-state index in [1.54, 1.807) is 11.3 Å². The molecule has 0 spiro atoms. The van der Waals surface area contributed by atoms with Crippen LogP contribution in [-0.2, 0) is 6.42 Å². The van der Waals surface area contributed by atoms with E-state index in [-0.39, 0.29) is 0 Å². The van der Waals surface area contributed by atoms with Gasteiger partial charge in [-0.3, -0.25) is 0 Å². The molecule has 0 radical (unpaired) electrons. The predicted molar refractivity (Wildman–Crippen MR) is 83.9 cm³/mol. The van der Waals surface area contributed by atoms with Crippen LogP contribution in [0.5, 0.6) is 0 Å². The zero-order chi connectivity index (χ0) is 14.0. The molecular weight excluding hydrogens is 256 g/mol. The Bertz CT molecular complexity index is 564. The number of thiophene rings is 1. The van der Waals surface area contributed by atoms with Crippen molar-refractivity contribution in [3.63, 3.8) is 0 Å². The van der Waals surface area contributed by atoms with Gasteiger partial charge in [0.15, 0.2) is 0 Å². The van der Waals surface area contributed by atoms with E-state index < -0.39 is 0 Å². The predicted octanol–water partition coefficient (Wildman–Crippen LogP) is 3.32. The van der Waals surface area contributed by atoms with Crippen LogP contribution in [0.15, 0.2) is 6.07 Å². The second-order valence-electron chi connectivity index (χ2n) is 5.08. The third-order valence-electron chi connectivity index (χ3n) is 3.43. The van der Waals surface area contributed by atoms with E-state index >= 15 is 0 Å². The highest BCUT2D eigenvalue weighted by molar-refractivity contribution is 7.18. The van der Waals surface area contributed by atoms with Crippen LogP contribution >= 0.6 is 11.3 Å². The number of nitrogens with zero attached hydrogens (tertiary/aromatic N) is 3. The van der Waals surface area contributed by atoms with Gasteiger partial charge in [-0.25, -0.2) is 4.98 Å². The zero-order valence-electron chi connectivity index (χ0n) is 12.1. The van der Waals surface area contributed by atoms with Gasteiger partial charge in [0.1, 0.15) is 10.6 Å². The minimum absolute atomic E-state index is 0.364. The molecule has 104 valence electrons. The first-order valence-corrected chi connectivity index (χ1v) is 7.63. The third kappa shape index (κ3) is 2.97. The molecular formula is C14H22N4S. The third-order valence-corrected chi connectivity index (χ3v) is 4.61. The zero-order valence-corrected chi connectivity index (χ0v) is 12.9. The normalized spacial score (nSPS) is 12.8. The van der Waals surface area contributed by atoms with Crippen molar-refractivity contribution < 1.29 is 0 Å². The van der Waals surface area contributed by atoms with Gasteiger partial charge < -0.3 is 10.6 Å². The van der Waals surface area contributed by atoms with Crippen molar-refractivity contribution in [3.8, 4) is 0 Å². The molecule has 2 heterocycles. The van der Waals surface area contributed by atoms with E-state index in [4.69, 9.17) is 5.73 Å². The molecule has 2 rings (SSSR count). The van der Waals surface area contributed by atoms with Crippen LogP contribution in [0.25, 0.3) is 10.2 Å². The molecule has 0 saturated carbocycles. The first-order chi connectivity index (χ1) is 9.05. The number of nitrogens with two attached hydrogens (primary N) is 1. The average Bonchev–Trinajstić information content (AvgIpc) is 2.80. The highest BCUT2D eigenvalue weighted by Crippen LogP contribution is 2.31. The molecule has 1 unspecified atom stereocenters. The quantitative estimate of drug-likeness (QED) is 0.911. The Labute approximate surface area is 118 Å². The number of aromatic nitrogens is 2. The topological polar surface area (TPSA) is 55.0 Å². The van der Waals surface area contributed by atoms with E-state index in [0.717, 1.165) is 35.4 Å². The lowest BCUT2D eigenvalue weighted by atomic mass is 10.1. The van der Waals surface area contributed by atoms with Gasteiger partial charge in [0.2, 0.25) is 5.95 Å². The van der Waals surface area contributed by atoms with Crippen molar-refractivity contribution >= 4 is 33.3 Å². The SMILES string of the molecule is CCc1cc2c(N(C)CC(C)CC)nc(N)nc2s1. The lowest BCUT2D eigenvalue weighted by molar-refractivity contribution is 0.558. The minimum atomic E-state index is 0.364. The van der Waals surface area contributed by atoms with Crippen LogP contribution in [0.2, 0.25) is 0 Å². The standard InChI is InChI=1S/C14H22N4S/c1-5-9(3)8-18(4)12-11-7-10(6-2)19-13(11)17-14(15)16-12/h7,9H,5-6,8H2,1-4H3,(H2,15,16,17). The molecule has 0 bridgehead atoms. The number of rotatable bonds is 5. The van der Waals surface area contributed by atoms with E-state index in [0.29, 0.717) is 11.9 Å². The molecule has 1 atom stereocenters. The second-order valence-corrected chi connectivity index (χ2v) is 6.20. The van der Waals surface area contributed by atoms with Crippen molar-refractivity contribution in [3.05, 3.63) is 10.9 Å². The number of hydrogen-bond acceptors (Lipinski definition) is 5. The smallest absolute Gasteiger partial charge is 0.223 e. The summed E-state index contributed by atoms with van der Waals surface area (Å²) in [6.07, 6.45) is 2.19. The monoisotopic (exact) mass is 278 g/mol. The van der Waals surface area contributed by atoms with E-state index in [2.05, 4.69) is 48.8 Å². The molecule has 0 aliphatic carbocycles. The van der Waals surface area contributed by atoms with Gasteiger partial charge in [0, 0.05) is 18.5 Å². The molecule has 0 aliphatic rings. The fourth-order valence-corrected chi connectivity index (χ4v) is 3.09. The highest BCUT2D eigenvalue weighted by Gasteiger charge is 2.14. The van der Waals surface area contributed by atoms with Crippen LogP contribution in [0.1, 0.15) is 32.1 Å². The fourth-order valence-electron chi connectivity index (χ4n) is 2.12. The number of hydrogen-bond donors (Lipinski definition) is 1. The van der Waals surface area contributed by atoms with Gasteiger partial charge in [0.25, 0.3) is 0 Å². The van der Waals surface area contributed by atoms with Gasteiger partial charge in [-0.2, -0.15) is 4.98 Å². The number of aryl methyl sites for hydroxylation is 1. The van der Waals surface area contributed by atoms with Gasteiger partial charge in [-0.1, -0.05) is 27.2 Å². The first kappa shape index (κ1) is 14.1. The van der Waals surface area contributed by atoms with Crippen LogP contribution < -0.4 is 10.6 Å². The van der Waals surface area contributed by atoms with Crippen molar-refractivity contribution in [2.75, 3.05) is 24.2 Å². The molecule has 2 aromatic rings.